The van der Waals surface area contributed by atoms with Crippen LogP contribution in [0.15, 0.2) is 12.7 Å². The molecule has 0 aromatic rings. The maximum absolute atomic E-state index is 9.95. The molecule has 0 spiro atoms. The molecule has 0 aromatic carbocycles. The molecule has 114 valence electrons. The van der Waals surface area contributed by atoms with Crippen LogP contribution in [-0.4, -0.2) is 41.6 Å². The first-order chi connectivity index (χ1) is 9.05. The molecule has 0 aliphatic carbocycles. The van der Waals surface area contributed by atoms with E-state index in [0.29, 0.717) is 19.8 Å². The van der Waals surface area contributed by atoms with Crippen LogP contribution in [0.2, 0.25) is 6.04 Å². The predicted octanol–water partition coefficient (Wildman–Crippen LogP) is 2.36. The van der Waals surface area contributed by atoms with E-state index in [1.54, 1.807) is 7.05 Å². The first-order valence-corrected chi connectivity index (χ1v) is 8.74. The number of carbonyl (C=O) groups is 1. The summed E-state index contributed by atoms with van der Waals surface area (Å²) in [5, 5.41) is 2.36. The highest BCUT2D eigenvalue weighted by atomic mass is 28.4. The summed E-state index contributed by atoms with van der Waals surface area (Å²) in [7, 11) is -0.736. The molecular formula is C13H29NO4Si. The van der Waals surface area contributed by atoms with Gasteiger partial charge >= 0.3 is 8.80 Å². The largest absolute Gasteiger partial charge is 0.500 e. The Kier molecular flexibility index (Phi) is 14.9. The SMILES string of the molecule is C=CC(=O)NC.CCC[Si](OCC)(OCC)OCC. The average molecular weight is 291 g/mol. The van der Waals surface area contributed by atoms with Crippen LogP contribution in [-0.2, 0) is 18.1 Å². The maximum atomic E-state index is 9.95. The lowest BCUT2D eigenvalue weighted by atomic mass is 10.6. The molecule has 0 saturated carbocycles. The molecular weight excluding hydrogens is 262 g/mol. The van der Waals surface area contributed by atoms with Gasteiger partial charge in [0.05, 0.1) is 0 Å². The van der Waals surface area contributed by atoms with E-state index in [2.05, 4.69) is 18.8 Å². The molecule has 6 heteroatoms. The smallest absolute Gasteiger partial charge is 0.374 e. The summed E-state index contributed by atoms with van der Waals surface area (Å²) in [6.07, 6.45) is 2.27. The summed E-state index contributed by atoms with van der Waals surface area (Å²) in [6, 6.07) is 0.919. The zero-order valence-corrected chi connectivity index (χ0v) is 14.0. The van der Waals surface area contributed by atoms with Crippen molar-refractivity contribution in [1.82, 2.24) is 5.32 Å². The third kappa shape index (κ3) is 10.9. The van der Waals surface area contributed by atoms with Crippen molar-refractivity contribution >= 4 is 14.7 Å². The van der Waals surface area contributed by atoms with Crippen LogP contribution in [0.3, 0.4) is 0 Å². The third-order valence-electron chi connectivity index (χ3n) is 2.08. The fraction of sp³-hybridized carbons (Fsp3) is 0.769. The van der Waals surface area contributed by atoms with E-state index in [1.807, 2.05) is 20.8 Å². The molecule has 0 aliphatic heterocycles. The monoisotopic (exact) mass is 291 g/mol. The zero-order chi connectivity index (χ0) is 15.1. The molecule has 0 radical (unpaired) electrons. The number of nitrogens with one attached hydrogen (secondary N) is 1. The lowest BCUT2D eigenvalue weighted by Crippen LogP contribution is -2.45. The molecule has 1 amide bonds. The lowest BCUT2D eigenvalue weighted by molar-refractivity contribution is -0.116. The van der Waals surface area contributed by atoms with E-state index in [0.717, 1.165) is 12.5 Å². The van der Waals surface area contributed by atoms with Crippen molar-refractivity contribution in [3.8, 4) is 0 Å². The van der Waals surface area contributed by atoms with Gasteiger partial charge in [0.1, 0.15) is 0 Å². The molecule has 0 bridgehead atoms. The Morgan fingerprint density at radius 1 is 1.11 bits per heavy atom. The minimum Gasteiger partial charge on any atom is -0.374 e. The molecule has 1 N–H and O–H groups in total. The fourth-order valence-electron chi connectivity index (χ4n) is 1.41. The highest BCUT2D eigenvalue weighted by Gasteiger charge is 2.38. The molecule has 0 rings (SSSR count). The minimum atomic E-state index is -2.30. The molecule has 5 nitrogen and oxygen atoms in total. The second-order valence-corrected chi connectivity index (χ2v) is 6.28. The Morgan fingerprint density at radius 3 is 1.68 bits per heavy atom. The molecule has 0 unspecified atom stereocenters. The van der Waals surface area contributed by atoms with Gasteiger partial charge < -0.3 is 18.6 Å². The standard InChI is InChI=1S/C9H22O3Si.C4H7NO/c1-5-9-13(10-6-2,11-7-3)12-8-4;1-3-4(6)5-2/h5-9H2,1-4H3;3H,1H2,2H3,(H,5,6). The van der Waals surface area contributed by atoms with Gasteiger partial charge in [0.15, 0.2) is 0 Å². The van der Waals surface area contributed by atoms with E-state index >= 15 is 0 Å². The van der Waals surface area contributed by atoms with Crippen LogP contribution in [0.4, 0.5) is 0 Å². The van der Waals surface area contributed by atoms with Crippen molar-refractivity contribution in [3.63, 3.8) is 0 Å². The summed E-state index contributed by atoms with van der Waals surface area (Å²) >= 11 is 0. The summed E-state index contributed by atoms with van der Waals surface area (Å²) in [5.41, 5.74) is 0. The average Bonchev–Trinajstić information content (AvgIpc) is 2.40. The molecule has 19 heavy (non-hydrogen) atoms. The normalized spacial score (nSPS) is 10.4. The highest BCUT2D eigenvalue weighted by Crippen LogP contribution is 2.17. The van der Waals surface area contributed by atoms with Crippen LogP contribution in [0, 0.1) is 0 Å². The minimum absolute atomic E-state index is 0.144. The van der Waals surface area contributed by atoms with E-state index in [9.17, 15) is 4.79 Å². The van der Waals surface area contributed by atoms with Crippen molar-refractivity contribution < 1.29 is 18.1 Å². The summed E-state index contributed by atoms with van der Waals surface area (Å²) in [5.74, 6) is -0.144. The number of hydrogen-bond acceptors (Lipinski definition) is 4. The van der Waals surface area contributed by atoms with E-state index in [4.69, 9.17) is 13.3 Å². The number of amides is 1. The Morgan fingerprint density at radius 2 is 1.53 bits per heavy atom. The molecule has 0 aromatic heterocycles. The highest BCUT2D eigenvalue weighted by molar-refractivity contribution is 6.60. The van der Waals surface area contributed by atoms with Gasteiger partial charge in [-0.25, -0.2) is 0 Å². The van der Waals surface area contributed by atoms with Gasteiger partial charge in [0.25, 0.3) is 0 Å². The number of likely N-dealkylation sites (N-methyl/N-ethyl adjacent to an activating group) is 1. The van der Waals surface area contributed by atoms with Crippen LogP contribution in [0.5, 0.6) is 0 Å². The van der Waals surface area contributed by atoms with Gasteiger partial charge in [-0.3, -0.25) is 4.79 Å². The van der Waals surface area contributed by atoms with Crippen molar-refractivity contribution in [2.24, 2.45) is 0 Å². The number of hydrogen-bond donors (Lipinski definition) is 1. The molecule has 0 aliphatic rings. The van der Waals surface area contributed by atoms with Gasteiger partial charge in [-0.1, -0.05) is 19.9 Å². The summed E-state index contributed by atoms with van der Waals surface area (Å²) in [6.45, 7) is 13.3. The Hall–Kier alpha value is -0.693. The Labute approximate surface area is 118 Å². The Bertz CT molecular complexity index is 207. The van der Waals surface area contributed by atoms with Crippen molar-refractivity contribution in [2.75, 3.05) is 26.9 Å². The second-order valence-electron chi connectivity index (χ2n) is 3.55. The maximum Gasteiger partial charge on any atom is 0.500 e. The van der Waals surface area contributed by atoms with Crippen LogP contribution in [0.1, 0.15) is 34.1 Å². The first-order valence-electron chi connectivity index (χ1n) is 6.81. The van der Waals surface area contributed by atoms with Crippen molar-refractivity contribution in [2.45, 2.75) is 40.2 Å². The Balaban J connectivity index is 0. The van der Waals surface area contributed by atoms with Crippen LogP contribution < -0.4 is 5.32 Å². The van der Waals surface area contributed by atoms with E-state index in [-0.39, 0.29) is 5.91 Å². The van der Waals surface area contributed by atoms with Gasteiger partial charge in [0, 0.05) is 32.9 Å². The number of carbonyl (C=O) groups excluding carboxylic acids is 1. The number of rotatable bonds is 9. The topological polar surface area (TPSA) is 56.8 Å². The fourth-order valence-corrected chi connectivity index (χ4v) is 4.02. The summed E-state index contributed by atoms with van der Waals surface area (Å²) in [4.78, 5) is 9.95. The molecule has 0 fully saturated rings. The molecule has 0 saturated heterocycles. The molecule has 0 heterocycles. The summed E-state index contributed by atoms with van der Waals surface area (Å²) < 4.78 is 16.9. The van der Waals surface area contributed by atoms with Crippen molar-refractivity contribution in [1.29, 1.82) is 0 Å². The van der Waals surface area contributed by atoms with Crippen LogP contribution in [0.25, 0.3) is 0 Å². The zero-order valence-electron chi connectivity index (χ0n) is 13.0. The van der Waals surface area contributed by atoms with Gasteiger partial charge in [-0.05, 0) is 26.8 Å². The quantitative estimate of drug-likeness (QED) is 0.523. The van der Waals surface area contributed by atoms with Gasteiger partial charge in [0.2, 0.25) is 5.91 Å². The van der Waals surface area contributed by atoms with Gasteiger partial charge in [-0.2, -0.15) is 0 Å². The van der Waals surface area contributed by atoms with E-state index in [1.165, 1.54) is 6.08 Å². The van der Waals surface area contributed by atoms with Gasteiger partial charge in [-0.15, -0.1) is 0 Å². The molecule has 0 atom stereocenters. The second kappa shape index (κ2) is 13.7. The predicted molar refractivity (Wildman–Crippen MR) is 80.0 cm³/mol. The first kappa shape index (κ1) is 20.6. The van der Waals surface area contributed by atoms with Crippen molar-refractivity contribution in [3.05, 3.63) is 12.7 Å². The van der Waals surface area contributed by atoms with Crippen LogP contribution >= 0.6 is 0 Å². The lowest BCUT2D eigenvalue weighted by Gasteiger charge is -2.27. The third-order valence-corrected chi connectivity index (χ3v) is 5.38. The van der Waals surface area contributed by atoms with E-state index < -0.39 is 8.80 Å².